The molecule has 1 rings (SSSR count). The molecular weight excluding hydrogens is 257 g/mol. The number of nitrogens with two attached hydrogens (primary N) is 1. The summed E-state index contributed by atoms with van der Waals surface area (Å²) in [6, 6.07) is 0. The van der Waals surface area contributed by atoms with Crippen LogP contribution in [0.5, 0.6) is 0 Å². The zero-order valence-corrected chi connectivity index (χ0v) is 9.57. The molecule has 5 nitrogen and oxygen atoms in total. The quantitative estimate of drug-likeness (QED) is 0.794. The summed E-state index contributed by atoms with van der Waals surface area (Å²) in [6.45, 7) is 0.175. The van der Waals surface area contributed by atoms with Crippen LogP contribution in [-0.2, 0) is 0 Å². The Balaban J connectivity index is 2.17. The number of hydrogen-bond acceptors (Lipinski definition) is 5. The minimum Gasteiger partial charge on any atom is -0.374 e. The van der Waals surface area contributed by atoms with Gasteiger partial charge in [-0.15, -0.1) is 10.2 Å². The average molecular weight is 268 g/mol. The van der Waals surface area contributed by atoms with Crippen LogP contribution in [0.3, 0.4) is 0 Å². The summed E-state index contributed by atoms with van der Waals surface area (Å²) in [6.07, 6.45) is -4.73. The highest BCUT2D eigenvalue weighted by atomic mass is 32.1. The predicted octanol–water partition coefficient (Wildman–Crippen LogP) is 1.58. The van der Waals surface area contributed by atoms with Crippen molar-refractivity contribution in [1.82, 2.24) is 15.5 Å². The number of amides is 1. The van der Waals surface area contributed by atoms with Gasteiger partial charge >= 0.3 is 6.18 Å². The molecule has 1 aromatic heterocycles. The second-order valence-electron chi connectivity index (χ2n) is 3.27. The number of nitrogens with one attached hydrogen (secondary N) is 1. The highest BCUT2D eigenvalue weighted by Gasteiger charge is 2.25. The molecule has 3 N–H and O–H groups in total. The number of aromatic nitrogens is 2. The van der Waals surface area contributed by atoms with Crippen molar-refractivity contribution in [1.29, 1.82) is 0 Å². The van der Waals surface area contributed by atoms with Gasteiger partial charge in [-0.2, -0.15) is 13.2 Å². The minimum absolute atomic E-state index is 0.0119. The van der Waals surface area contributed by atoms with Gasteiger partial charge in [0.05, 0.1) is 0 Å². The lowest BCUT2D eigenvalue weighted by molar-refractivity contribution is -0.135. The number of anilines is 1. The van der Waals surface area contributed by atoms with Crippen LogP contribution < -0.4 is 11.1 Å². The zero-order valence-electron chi connectivity index (χ0n) is 8.75. The minimum atomic E-state index is -4.14. The summed E-state index contributed by atoms with van der Waals surface area (Å²) in [7, 11) is 0. The summed E-state index contributed by atoms with van der Waals surface area (Å²) >= 11 is 0.927. The zero-order chi connectivity index (χ0) is 12.9. The largest absolute Gasteiger partial charge is 0.389 e. The van der Waals surface area contributed by atoms with Crippen LogP contribution in [0.25, 0.3) is 0 Å². The Hall–Kier alpha value is -1.38. The molecule has 96 valence electrons. The van der Waals surface area contributed by atoms with E-state index < -0.39 is 18.5 Å². The number of rotatable bonds is 5. The van der Waals surface area contributed by atoms with E-state index >= 15 is 0 Å². The van der Waals surface area contributed by atoms with Gasteiger partial charge in [0.1, 0.15) is 0 Å². The van der Waals surface area contributed by atoms with Gasteiger partial charge in [-0.1, -0.05) is 11.3 Å². The van der Waals surface area contributed by atoms with E-state index in [-0.39, 0.29) is 29.5 Å². The van der Waals surface area contributed by atoms with Crippen LogP contribution in [0.1, 0.15) is 29.1 Å². The van der Waals surface area contributed by atoms with Gasteiger partial charge in [0.15, 0.2) is 0 Å². The Kier molecular flexibility index (Phi) is 4.67. The molecule has 1 heterocycles. The number of nitrogens with zero attached hydrogens (tertiary/aromatic N) is 2. The number of nitrogen functional groups attached to an aromatic ring is 1. The smallest absolute Gasteiger partial charge is 0.374 e. The topological polar surface area (TPSA) is 80.9 Å². The van der Waals surface area contributed by atoms with Crippen molar-refractivity contribution in [2.45, 2.75) is 25.4 Å². The van der Waals surface area contributed by atoms with Crippen LogP contribution in [0.15, 0.2) is 0 Å². The summed E-state index contributed by atoms with van der Waals surface area (Å²) < 4.78 is 35.4. The molecule has 0 radical (unpaired) electrons. The standard InChI is InChI=1S/C8H11F3N4OS/c9-8(10,11)3-1-2-4-13-5(16)6-14-15-7(12)17-6/h1-4H2,(H2,12,15)(H,13,16). The second-order valence-corrected chi connectivity index (χ2v) is 4.28. The van der Waals surface area contributed by atoms with Gasteiger partial charge in [0, 0.05) is 13.0 Å². The number of carbonyl (C=O) groups excluding carboxylic acids is 1. The lowest BCUT2D eigenvalue weighted by atomic mass is 10.2. The molecule has 0 unspecified atom stereocenters. The van der Waals surface area contributed by atoms with Crippen LogP contribution >= 0.6 is 11.3 Å². The summed E-state index contributed by atoms with van der Waals surface area (Å²) in [5.41, 5.74) is 5.28. The molecule has 9 heteroatoms. The first kappa shape index (κ1) is 13.7. The molecule has 0 bridgehead atoms. The fourth-order valence-corrected chi connectivity index (χ4v) is 1.58. The molecule has 0 saturated carbocycles. The number of alkyl halides is 3. The van der Waals surface area contributed by atoms with Gasteiger partial charge in [-0.3, -0.25) is 4.79 Å². The van der Waals surface area contributed by atoms with Crippen molar-refractivity contribution in [2.75, 3.05) is 12.3 Å². The van der Waals surface area contributed by atoms with Crippen molar-refractivity contribution in [2.24, 2.45) is 0 Å². The van der Waals surface area contributed by atoms with Crippen LogP contribution in [0, 0.1) is 0 Å². The first-order valence-corrected chi connectivity index (χ1v) is 5.64. The fraction of sp³-hybridized carbons (Fsp3) is 0.625. The SMILES string of the molecule is Nc1nnc(C(=O)NCCCCC(F)(F)F)s1. The normalized spacial score (nSPS) is 11.5. The Bertz CT molecular complexity index is 379. The number of unbranched alkanes of at least 4 members (excludes halogenated alkanes) is 1. The first-order valence-electron chi connectivity index (χ1n) is 4.82. The van der Waals surface area contributed by atoms with Gasteiger partial charge in [0.2, 0.25) is 10.1 Å². The van der Waals surface area contributed by atoms with Crippen molar-refractivity contribution < 1.29 is 18.0 Å². The van der Waals surface area contributed by atoms with Gasteiger partial charge in [0.25, 0.3) is 5.91 Å². The van der Waals surface area contributed by atoms with Crippen molar-refractivity contribution in [3.63, 3.8) is 0 Å². The lowest BCUT2D eigenvalue weighted by Gasteiger charge is -2.05. The molecular formula is C8H11F3N4OS. The van der Waals surface area contributed by atoms with Crippen LogP contribution in [0.2, 0.25) is 0 Å². The maximum Gasteiger partial charge on any atom is 0.389 e. The molecule has 0 aliphatic heterocycles. The lowest BCUT2D eigenvalue weighted by Crippen LogP contribution is -2.24. The van der Waals surface area contributed by atoms with E-state index in [0.717, 1.165) is 11.3 Å². The van der Waals surface area contributed by atoms with E-state index in [4.69, 9.17) is 5.73 Å². The maximum atomic E-state index is 11.8. The Morgan fingerprint density at radius 3 is 2.59 bits per heavy atom. The third-order valence-corrected chi connectivity index (χ3v) is 2.56. The van der Waals surface area contributed by atoms with E-state index in [1.54, 1.807) is 0 Å². The summed E-state index contributed by atoms with van der Waals surface area (Å²) in [4.78, 5) is 11.3. The van der Waals surface area contributed by atoms with Crippen LogP contribution in [0.4, 0.5) is 18.3 Å². The Morgan fingerprint density at radius 1 is 1.35 bits per heavy atom. The molecule has 0 aliphatic rings. The molecule has 0 saturated heterocycles. The van der Waals surface area contributed by atoms with E-state index in [1.165, 1.54) is 0 Å². The molecule has 0 fully saturated rings. The molecule has 17 heavy (non-hydrogen) atoms. The van der Waals surface area contributed by atoms with Gasteiger partial charge in [-0.25, -0.2) is 0 Å². The van der Waals surface area contributed by atoms with E-state index in [1.807, 2.05) is 0 Å². The maximum absolute atomic E-state index is 11.8. The Morgan fingerprint density at radius 2 is 2.06 bits per heavy atom. The summed E-state index contributed by atoms with van der Waals surface area (Å²) in [5, 5.41) is 9.68. The third kappa shape index (κ3) is 5.48. The molecule has 0 aromatic carbocycles. The molecule has 0 spiro atoms. The molecule has 1 amide bonds. The van der Waals surface area contributed by atoms with Crippen molar-refractivity contribution in [3.8, 4) is 0 Å². The average Bonchev–Trinajstić information content (AvgIpc) is 2.62. The monoisotopic (exact) mass is 268 g/mol. The van der Waals surface area contributed by atoms with Crippen molar-refractivity contribution in [3.05, 3.63) is 5.01 Å². The Labute approximate surface area is 99.2 Å². The third-order valence-electron chi connectivity index (χ3n) is 1.81. The number of hydrogen-bond donors (Lipinski definition) is 2. The molecule has 1 aromatic rings. The number of halogens is 3. The molecule has 0 atom stereocenters. The van der Waals surface area contributed by atoms with Gasteiger partial charge < -0.3 is 11.1 Å². The summed E-state index contributed by atoms with van der Waals surface area (Å²) in [5.74, 6) is -0.466. The second kappa shape index (κ2) is 5.80. The highest BCUT2D eigenvalue weighted by Crippen LogP contribution is 2.21. The molecule has 0 aliphatic carbocycles. The van der Waals surface area contributed by atoms with Crippen LogP contribution in [-0.4, -0.2) is 28.8 Å². The first-order chi connectivity index (χ1) is 7.88. The van der Waals surface area contributed by atoms with E-state index in [9.17, 15) is 18.0 Å². The van der Waals surface area contributed by atoms with E-state index in [2.05, 4.69) is 15.5 Å². The van der Waals surface area contributed by atoms with Gasteiger partial charge in [-0.05, 0) is 12.8 Å². The fourth-order valence-electron chi connectivity index (χ4n) is 1.05. The van der Waals surface area contributed by atoms with E-state index in [0.29, 0.717) is 0 Å². The van der Waals surface area contributed by atoms with Crippen molar-refractivity contribution >= 4 is 22.4 Å². The highest BCUT2D eigenvalue weighted by molar-refractivity contribution is 7.16. The number of carbonyl (C=O) groups is 1. The predicted molar refractivity (Wildman–Crippen MR) is 56.6 cm³/mol.